The number of aryl methyl sites for hydroxylation is 1. The average molecular weight is 343 g/mol. The Bertz CT molecular complexity index is 1050. The number of hydrogen-bond donors (Lipinski definition) is 0. The fourth-order valence-corrected chi connectivity index (χ4v) is 3.06. The highest BCUT2D eigenvalue weighted by molar-refractivity contribution is 5.58. The molecule has 0 N–H and O–H groups in total. The first-order valence-corrected chi connectivity index (χ1v) is 8.71. The van der Waals surface area contributed by atoms with Gasteiger partial charge in [0.15, 0.2) is 5.69 Å². The minimum absolute atomic E-state index is 0.420. The number of aromatic nitrogens is 5. The summed E-state index contributed by atoms with van der Waals surface area (Å²) in [5, 5.41) is 17.2. The van der Waals surface area contributed by atoms with E-state index in [4.69, 9.17) is 4.42 Å². The van der Waals surface area contributed by atoms with E-state index in [9.17, 15) is 0 Å². The molecule has 2 heterocycles. The molecule has 6 heteroatoms. The zero-order valence-corrected chi connectivity index (χ0v) is 14.3. The van der Waals surface area contributed by atoms with Crippen LogP contribution >= 0.6 is 0 Å². The monoisotopic (exact) mass is 343 g/mol. The summed E-state index contributed by atoms with van der Waals surface area (Å²) in [7, 11) is 0. The summed E-state index contributed by atoms with van der Waals surface area (Å²) in [6.07, 6.45) is 2.26. The Morgan fingerprint density at radius 1 is 0.885 bits per heavy atom. The van der Waals surface area contributed by atoms with Gasteiger partial charge in [-0.25, -0.2) is 4.68 Å². The van der Waals surface area contributed by atoms with Crippen molar-refractivity contribution in [3.63, 3.8) is 0 Å². The molecule has 1 aliphatic carbocycles. The van der Waals surface area contributed by atoms with Crippen LogP contribution in [0.4, 0.5) is 0 Å². The molecule has 0 atom stereocenters. The van der Waals surface area contributed by atoms with E-state index in [1.54, 1.807) is 0 Å². The lowest BCUT2D eigenvalue weighted by molar-refractivity contribution is 0.581. The first-order valence-electron chi connectivity index (χ1n) is 8.71. The molecule has 0 aliphatic heterocycles. The van der Waals surface area contributed by atoms with Crippen LogP contribution in [0.3, 0.4) is 0 Å². The van der Waals surface area contributed by atoms with Gasteiger partial charge in [-0.05, 0) is 44.0 Å². The topological polar surface area (TPSA) is 69.6 Å². The normalized spacial score (nSPS) is 13.9. The standard InChI is InChI=1S/C20H17N5O/c1-13-7-11-16(12-8-13)25-18(14-9-10-14)17(21-24-25)20-23-22-19(26-20)15-5-3-2-4-6-15/h2-8,11-12,14H,9-10H2,1H3. The van der Waals surface area contributed by atoms with Crippen molar-refractivity contribution in [2.45, 2.75) is 25.7 Å². The van der Waals surface area contributed by atoms with Crippen molar-refractivity contribution in [2.24, 2.45) is 0 Å². The van der Waals surface area contributed by atoms with Crippen LogP contribution in [0.15, 0.2) is 59.0 Å². The molecule has 26 heavy (non-hydrogen) atoms. The van der Waals surface area contributed by atoms with E-state index in [-0.39, 0.29) is 0 Å². The Kier molecular flexibility index (Phi) is 3.41. The second-order valence-electron chi connectivity index (χ2n) is 6.62. The molecule has 1 aliphatic rings. The summed E-state index contributed by atoms with van der Waals surface area (Å²) >= 11 is 0. The van der Waals surface area contributed by atoms with E-state index >= 15 is 0 Å². The van der Waals surface area contributed by atoms with Crippen molar-refractivity contribution in [3.05, 3.63) is 65.9 Å². The minimum Gasteiger partial charge on any atom is -0.414 e. The highest BCUT2D eigenvalue weighted by Crippen LogP contribution is 2.44. The van der Waals surface area contributed by atoms with Gasteiger partial charge in [-0.1, -0.05) is 41.1 Å². The highest BCUT2D eigenvalue weighted by atomic mass is 16.4. The number of hydrogen-bond acceptors (Lipinski definition) is 5. The molecular weight excluding hydrogens is 326 g/mol. The van der Waals surface area contributed by atoms with Crippen molar-refractivity contribution in [1.29, 1.82) is 0 Å². The molecule has 0 bridgehead atoms. The zero-order chi connectivity index (χ0) is 17.5. The summed E-state index contributed by atoms with van der Waals surface area (Å²) in [6.45, 7) is 2.07. The van der Waals surface area contributed by atoms with Crippen molar-refractivity contribution >= 4 is 0 Å². The van der Waals surface area contributed by atoms with Gasteiger partial charge < -0.3 is 4.42 Å². The smallest absolute Gasteiger partial charge is 0.270 e. The third-order valence-electron chi connectivity index (χ3n) is 4.60. The lowest BCUT2D eigenvalue weighted by Crippen LogP contribution is -2.01. The number of rotatable bonds is 4. The van der Waals surface area contributed by atoms with Crippen LogP contribution in [-0.4, -0.2) is 25.2 Å². The van der Waals surface area contributed by atoms with E-state index < -0.39 is 0 Å². The molecule has 0 amide bonds. The molecule has 128 valence electrons. The Hall–Kier alpha value is -3.28. The lowest BCUT2D eigenvalue weighted by Gasteiger charge is -2.06. The van der Waals surface area contributed by atoms with Gasteiger partial charge in [-0.15, -0.1) is 15.3 Å². The van der Waals surface area contributed by atoms with Gasteiger partial charge in [-0.2, -0.15) is 0 Å². The first kappa shape index (κ1) is 15.0. The summed E-state index contributed by atoms with van der Waals surface area (Å²) in [5.74, 6) is 1.35. The van der Waals surface area contributed by atoms with Crippen molar-refractivity contribution in [3.8, 4) is 28.7 Å². The summed E-state index contributed by atoms with van der Waals surface area (Å²) < 4.78 is 7.81. The third kappa shape index (κ3) is 2.60. The maximum atomic E-state index is 5.90. The van der Waals surface area contributed by atoms with E-state index in [1.165, 1.54) is 5.56 Å². The van der Waals surface area contributed by atoms with Crippen molar-refractivity contribution in [1.82, 2.24) is 25.2 Å². The molecule has 0 unspecified atom stereocenters. The molecular formula is C20H17N5O. The maximum absolute atomic E-state index is 5.90. The molecule has 4 aromatic rings. The predicted octanol–water partition coefficient (Wildman–Crippen LogP) is 4.17. The van der Waals surface area contributed by atoms with Gasteiger partial charge in [0.05, 0.1) is 11.4 Å². The Morgan fingerprint density at radius 3 is 2.35 bits per heavy atom. The summed E-state index contributed by atoms with van der Waals surface area (Å²) in [5.41, 5.74) is 4.84. The SMILES string of the molecule is Cc1ccc(-n2nnc(-c3nnc(-c4ccccc4)o3)c2C2CC2)cc1. The van der Waals surface area contributed by atoms with E-state index in [2.05, 4.69) is 51.7 Å². The van der Waals surface area contributed by atoms with E-state index in [0.29, 0.717) is 23.4 Å². The zero-order valence-electron chi connectivity index (χ0n) is 14.3. The lowest BCUT2D eigenvalue weighted by atomic mass is 10.2. The van der Waals surface area contributed by atoms with Gasteiger partial charge in [-0.3, -0.25) is 0 Å². The van der Waals surface area contributed by atoms with Crippen LogP contribution in [0.25, 0.3) is 28.7 Å². The number of benzene rings is 2. The molecule has 1 fully saturated rings. The molecule has 2 aromatic carbocycles. The van der Waals surface area contributed by atoms with Gasteiger partial charge in [0.2, 0.25) is 5.89 Å². The maximum Gasteiger partial charge on any atom is 0.270 e. The van der Waals surface area contributed by atoms with E-state index in [1.807, 2.05) is 35.0 Å². The van der Waals surface area contributed by atoms with Crippen LogP contribution in [0.2, 0.25) is 0 Å². The average Bonchev–Trinajstić information content (AvgIpc) is 3.23. The fourth-order valence-electron chi connectivity index (χ4n) is 3.06. The summed E-state index contributed by atoms with van der Waals surface area (Å²) in [6, 6.07) is 18.0. The Labute approximate surface area is 150 Å². The largest absolute Gasteiger partial charge is 0.414 e. The van der Waals surface area contributed by atoms with Crippen LogP contribution in [0, 0.1) is 6.92 Å². The molecule has 0 saturated heterocycles. The van der Waals surface area contributed by atoms with Gasteiger partial charge in [0.25, 0.3) is 5.89 Å². The molecule has 0 spiro atoms. The quantitative estimate of drug-likeness (QED) is 0.556. The molecule has 0 radical (unpaired) electrons. The Balaban J connectivity index is 1.58. The predicted molar refractivity (Wildman–Crippen MR) is 96.8 cm³/mol. The second-order valence-corrected chi connectivity index (χ2v) is 6.62. The molecule has 5 rings (SSSR count). The van der Waals surface area contributed by atoms with Crippen molar-refractivity contribution in [2.75, 3.05) is 0 Å². The molecule has 2 aromatic heterocycles. The third-order valence-corrected chi connectivity index (χ3v) is 4.60. The van der Waals surface area contributed by atoms with E-state index in [0.717, 1.165) is 29.8 Å². The highest BCUT2D eigenvalue weighted by Gasteiger charge is 2.34. The van der Waals surface area contributed by atoms with Crippen LogP contribution in [0.1, 0.15) is 30.0 Å². The second kappa shape index (κ2) is 5.91. The number of nitrogens with zero attached hydrogens (tertiary/aromatic N) is 5. The summed E-state index contributed by atoms with van der Waals surface area (Å²) in [4.78, 5) is 0. The van der Waals surface area contributed by atoms with Crippen molar-refractivity contribution < 1.29 is 4.42 Å². The van der Waals surface area contributed by atoms with Crippen LogP contribution in [-0.2, 0) is 0 Å². The van der Waals surface area contributed by atoms with Gasteiger partial charge in [0.1, 0.15) is 0 Å². The Morgan fingerprint density at radius 2 is 1.62 bits per heavy atom. The minimum atomic E-state index is 0.420. The fraction of sp³-hybridized carbons (Fsp3) is 0.200. The van der Waals surface area contributed by atoms with Crippen LogP contribution < -0.4 is 0 Å². The van der Waals surface area contributed by atoms with Crippen LogP contribution in [0.5, 0.6) is 0 Å². The van der Waals surface area contributed by atoms with Gasteiger partial charge >= 0.3 is 0 Å². The molecule has 6 nitrogen and oxygen atoms in total. The molecule has 1 saturated carbocycles. The first-order chi connectivity index (χ1) is 12.8. The van der Waals surface area contributed by atoms with Gasteiger partial charge in [0, 0.05) is 11.5 Å².